The first-order chi connectivity index (χ1) is 5.66. The van der Waals surface area contributed by atoms with Crippen molar-refractivity contribution in [2.45, 2.75) is 0 Å². The van der Waals surface area contributed by atoms with Gasteiger partial charge in [0.25, 0.3) is 0 Å². The van der Waals surface area contributed by atoms with Crippen LogP contribution in [0.15, 0.2) is 36.9 Å². The molecular formula is C8H11NaO3P+. The summed E-state index contributed by atoms with van der Waals surface area (Å²) in [6, 6.07) is 10.0. The maximum absolute atomic E-state index is 8.70. The molecule has 1 aromatic rings. The van der Waals surface area contributed by atoms with E-state index in [1.165, 1.54) is 5.56 Å². The Hall–Kier alpha value is -0.0200. The maximum atomic E-state index is 8.70. The normalized spacial score (nSPS) is 7.23. The molecule has 0 amide bonds. The molecule has 0 bridgehead atoms. The van der Waals surface area contributed by atoms with Crippen molar-refractivity contribution in [2.24, 2.45) is 0 Å². The molecular weight excluding hydrogens is 198 g/mol. The van der Waals surface area contributed by atoms with Crippen LogP contribution in [0.3, 0.4) is 0 Å². The second kappa shape index (κ2) is 10.1. The van der Waals surface area contributed by atoms with E-state index in [1.807, 2.05) is 36.4 Å². The molecule has 0 heterocycles. The van der Waals surface area contributed by atoms with Crippen LogP contribution < -0.4 is 29.6 Å². The molecule has 2 N–H and O–H groups in total. The second-order valence-electron chi connectivity index (χ2n) is 1.87. The van der Waals surface area contributed by atoms with E-state index in [0.29, 0.717) is 0 Å². The van der Waals surface area contributed by atoms with Gasteiger partial charge < -0.3 is 1.43 Å². The molecule has 0 aliphatic carbocycles. The van der Waals surface area contributed by atoms with Crippen molar-refractivity contribution in [2.75, 3.05) is 0 Å². The third kappa shape index (κ3) is 12.0. The van der Waals surface area contributed by atoms with Gasteiger partial charge in [-0.3, -0.25) is 0 Å². The molecule has 0 saturated heterocycles. The smallest absolute Gasteiger partial charge is 1.00 e. The van der Waals surface area contributed by atoms with Gasteiger partial charge in [0.1, 0.15) is 0 Å². The van der Waals surface area contributed by atoms with E-state index in [4.69, 9.17) is 14.4 Å². The van der Waals surface area contributed by atoms with Gasteiger partial charge in [-0.15, -0.1) is 9.79 Å². The number of rotatable bonds is 1. The van der Waals surface area contributed by atoms with Gasteiger partial charge in [0, 0.05) is 4.57 Å². The van der Waals surface area contributed by atoms with E-state index in [9.17, 15) is 0 Å². The Balaban J connectivity index is -0.000000180. The quantitative estimate of drug-likeness (QED) is 0.464. The summed E-state index contributed by atoms with van der Waals surface area (Å²) in [5, 5.41) is 0. The molecule has 0 aliphatic heterocycles. The molecule has 66 valence electrons. The van der Waals surface area contributed by atoms with E-state index in [-0.39, 0.29) is 31.0 Å². The van der Waals surface area contributed by atoms with Gasteiger partial charge in [0.15, 0.2) is 0 Å². The monoisotopic (exact) mass is 209 g/mol. The average Bonchev–Trinajstić information content (AvgIpc) is 2.05. The van der Waals surface area contributed by atoms with Gasteiger partial charge in [0.2, 0.25) is 0 Å². The van der Waals surface area contributed by atoms with Crippen LogP contribution in [0.1, 0.15) is 6.99 Å². The molecule has 1 aromatic carbocycles. The first kappa shape index (κ1) is 15.5. The van der Waals surface area contributed by atoms with Crippen LogP contribution in [-0.2, 0) is 4.57 Å². The van der Waals surface area contributed by atoms with E-state index in [0.717, 1.165) is 0 Å². The molecule has 0 saturated carbocycles. The Morgan fingerprint density at radius 3 is 1.92 bits per heavy atom. The van der Waals surface area contributed by atoms with E-state index in [2.05, 4.69) is 6.58 Å². The second-order valence-corrected chi connectivity index (χ2v) is 2.37. The van der Waals surface area contributed by atoms with Crippen LogP contribution in [-0.4, -0.2) is 9.79 Å². The molecule has 0 aromatic heterocycles. The topological polar surface area (TPSA) is 57.5 Å². The Morgan fingerprint density at radius 2 is 1.69 bits per heavy atom. The van der Waals surface area contributed by atoms with Crippen LogP contribution in [0.4, 0.5) is 0 Å². The minimum absolute atomic E-state index is 0. The maximum Gasteiger partial charge on any atom is 1.00 e. The van der Waals surface area contributed by atoms with Gasteiger partial charge in [-0.05, 0) is 5.56 Å². The van der Waals surface area contributed by atoms with E-state index in [1.54, 1.807) is 0 Å². The fourth-order valence-electron chi connectivity index (χ4n) is 0.589. The van der Waals surface area contributed by atoms with Crippen LogP contribution in [0.5, 0.6) is 0 Å². The van der Waals surface area contributed by atoms with Gasteiger partial charge >= 0.3 is 37.8 Å². The minimum atomic E-state index is -2.87. The summed E-state index contributed by atoms with van der Waals surface area (Å²) in [7, 11) is -2.87. The molecule has 3 nitrogen and oxygen atoms in total. The Kier molecular flexibility index (Phi) is 12.0. The van der Waals surface area contributed by atoms with Crippen LogP contribution in [0.2, 0.25) is 0 Å². The molecule has 0 fully saturated rings. The van der Waals surface area contributed by atoms with Crippen LogP contribution in [0.25, 0.3) is 6.08 Å². The summed E-state index contributed by atoms with van der Waals surface area (Å²) < 4.78 is 8.70. The Labute approximate surface area is 102 Å². The van der Waals surface area contributed by atoms with Crippen LogP contribution in [0, 0.1) is 0 Å². The predicted molar refractivity (Wildman–Crippen MR) is 49.7 cm³/mol. The zero-order valence-corrected chi connectivity index (χ0v) is 10.3. The van der Waals surface area contributed by atoms with Crippen molar-refractivity contribution in [3.8, 4) is 0 Å². The third-order valence-electron chi connectivity index (χ3n) is 1.04. The SMILES string of the molecule is C=Cc1ccccc1.O=[P+](O)O.[H-].[Na+]. The van der Waals surface area contributed by atoms with Crippen molar-refractivity contribution in [3.05, 3.63) is 42.5 Å². The summed E-state index contributed by atoms with van der Waals surface area (Å²) >= 11 is 0. The third-order valence-corrected chi connectivity index (χ3v) is 1.04. The van der Waals surface area contributed by atoms with Gasteiger partial charge in [-0.2, -0.15) is 0 Å². The zero-order chi connectivity index (χ0) is 9.40. The summed E-state index contributed by atoms with van der Waals surface area (Å²) in [6.45, 7) is 3.63. The van der Waals surface area contributed by atoms with Crippen molar-refractivity contribution in [1.29, 1.82) is 0 Å². The van der Waals surface area contributed by atoms with Crippen molar-refractivity contribution >= 4 is 14.3 Å². The summed E-state index contributed by atoms with van der Waals surface area (Å²) in [4.78, 5) is 14.2. The average molecular weight is 209 g/mol. The molecule has 0 unspecified atom stereocenters. The first-order valence-corrected chi connectivity index (χ1v) is 4.36. The van der Waals surface area contributed by atoms with Gasteiger partial charge in [0.05, 0.1) is 0 Å². The molecule has 0 spiro atoms. The fourth-order valence-corrected chi connectivity index (χ4v) is 0.589. The van der Waals surface area contributed by atoms with Crippen molar-refractivity contribution in [1.82, 2.24) is 0 Å². The van der Waals surface area contributed by atoms with Gasteiger partial charge in [-0.25, -0.2) is 0 Å². The predicted octanol–water partition coefficient (Wildman–Crippen LogP) is -0.925. The minimum Gasteiger partial charge on any atom is -1.00 e. The first-order valence-electron chi connectivity index (χ1n) is 3.19. The van der Waals surface area contributed by atoms with E-state index < -0.39 is 8.25 Å². The molecule has 5 heteroatoms. The molecule has 13 heavy (non-hydrogen) atoms. The van der Waals surface area contributed by atoms with Gasteiger partial charge in [-0.1, -0.05) is 43.0 Å². The Bertz CT molecular complexity index is 252. The number of hydrogen-bond acceptors (Lipinski definition) is 1. The molecule has 0 aliphatic rings. The van der Waals surface area contributed by atoms with Crippen molar-refractivity contribution < 1.29 is 45.3 Å². The summed E-state index contributed by atoms with van der Waals surface area (Å²) in [5.74, 6) is 0. The largest absolute Gasteiger partial charge is 1.00 e. The zero-order valence-electron chi connectivity index (χ0n) is 8.42. The molecule has 1 rings (SSSR count). The molecule has 0 radical (unpaired) electrons. The Morgan fingerprint density at radius 1 is 1.31 bits per heavy atom. The standard InChI is InChI=1S/C8H8.Na.HO3P.H/c1-2-8-6-4-3-5-7-8;;1-4(2)3;/h2-7H,1H2;;(H-,1,2,3);/q;+1;;-1/p+1. The summed E-state index contributed by atoms with van der Waals surface area (Å²) in [6.07, 6.45) is 1.83. The fraction of sp³-hybridized carbons (Fsp3) is 0. The van der Waals surface area contributed by atoms with E-state index >= 15 is 0 Å². The van der Waals surface area contributed by atoms with Crippen LogP contribution >= 0.6 is 8.25 Å². The van der Waals surface area contributed by atoms with Crippen molar-refractivity contribution in [3.63, 3.8) is 0 Å². The number of hydrogen-bond donors (Lipinski definition) is 2. The number of benzene rings is 1. The summed E-state index contributed by atoms with van der Waals surface area (Å²) in [5.41, 5.74) is 1.17. The molecule has 0 atom stereocenters.